The minimum Gasteiger partial charge on any atom is -0.406 e. The van der Waals surface area contributed by atoms with Gasteiger partial charge in [0.15, 0.2) is 0 Å². The third-order valence-electron chi connectivity index (χ3n) is 3.81. The number of sulfonamides is 1. The second-order valence-corrected chi connectivity index (χ2v) is 7.85. The summed E-state index contributed by atoms with van der Waals surface area (Å²) in [6.07, 6.45) is -3.63. The molecule has 13 heteroatoms. The fraction of sp³-hybridized carbons (Fsp3) is 0.111. The van der Waals surface area contributed by atoms with Crippen molar-refractivity contribution in [2.75, 3.05) is 17.7 Å². The van der Waals surface area contributed by atoms with Crippen molar-refractivity contribution >= 4 is 33.0 Å². The van der Waals surface area contributed by atoms with Crippen LogP contribution in [0.5, 0.6) is 5.75 Å². The maximum Gasteiger partial charge on any atom is 0.573 e. The first-order valence-corrected chi connectivity index (χ1v) is 9.99. The number of ether oxygens (including phenoxy) is 1. The zero-order chi connectivity index (χ0) is 22.6. The molecular formula is C18H15F4N5O3S. The van der Waals surface area contributed by atoms with E-state index in [2.05, 4.69) is 30.1 Å². The Labute approximate surface area is 174 Å². The third-order valence-corrected chi connectivity index (χ3v) is 5.22. The van der Waals surface area contributed by atoms with Gasteiger partial charge in [0, 0.05) is 11.8 Å². The van der Waals surface area contributed by atoms with Crippen molar-refractivity contribution in [3.63, 3.8) is 0 Å². The highest BCUT2D eigenvalue weighted by Crippen LogP contribution is 2.26. The standard InChI is InChI=1S/C18H15F4N5O3S/c1-23-31(28,29)13-6-7-14(19)15(8-13)27-17-9-16(24-10-25-17)26-11-2-4-12(5-3-11)30-18(20,21)22/h2-10,23H,1H3,(H2,24,25,26,27). The first kappa shape index (κ1) is 22.2. The smallest absolute Gasteiger partial charge is 0.406 e. The van der Waals surface area contributed by atoms with Gasteiger partial charge in [0.2, 0.25) is 10.0 Å². The summed E-state index contributed by atoms with van der Waals surface area (Å²) in [6.45, 7) is 0. The molecule has 3 rings (SSSR count). The highest BCUT2D eigenvalue weighted by Gasteiger charge is 2.30. The Hall–Kier alpha value is -3.45. The van der Waals surface area contributed by atoms with Gasteiger partial charge >= 0.3 is 6.36 Å². The van der Waals surface area contributed by atoms with Crippen molar-refractivity contribution in [2.45, 2.75) is 11.3 Å². The van der Waals surface area contributed by atoms with Crippen molar-refractivity contribution in [3.8, 4) is 5.75 Å². The molecule has 3 aromatic rings. The lowest BCUT2D eigenvalue weighted by Gasteiger charge is -2.12. The molecule has 0 fully saturated rings. The van der Waals surface area contributed by atoms with Crippen LogP contribution in [0, 0.1) is 5.82 Å². The van der Waals surface area contributed by atoms with Crippen LogP contribution in [0.25, 0.3) is 0 Å². The van der Waals surface area contributed by atoms with Gasteiger partial charge in [0.25, 0.3) is 0 Å². The summed E-state index contributed by atoms with van der Waals surface area (Å²) in [5.74, 6) is -0.688. The normalized spacial score (nSPS) is 11.8. The van der Waals surface area contributed by atoms with Gasteiger partial charge in [-0.2, -0.15) is 0 Å². The lowest BCUT2D eigenvalue weighted by atomic mass is 10.3. The van der Waals surface area contributed by atoms with Crippen LogP contribution in [0.15, 0.2) is 59.8 Å². The molecular weight excluding hydrogens is 442 g/mol. The molecule has 1 heterocycles. The van der Waals surface area contributed by atoms with Crippen LogP contribution in [-0.4, -0.2) is 31.8 Å². The topological polar surface area (TPSA) is 105 Å². The SMILES string of the molecule is CNS(=O)(=O)c1ccc(F)c(Nc2cc(Nc3ccc(OC(F)(F)F)cc3)ncn2)c1. The molecule has 0 unspecified atom stereocenters. The second kappa shape index (κ2) is 8.73. The van der Waals surface area contributed by atoms with Gasteiger partial charge in [-0.05, 0) is 49.5 Å². The molecule has 8 nitrogen and oxygen atoms in total. The molecule has 0 saturated heterocycles. The minimum atomic E-state index is -4.79. The molecule has 0 spiro atoms. The second-order valence-electron chi connectivity index (χ2n) is 5.96. The predicted octanol–water partition coefficient (Wildman–Crippen LogP) is 3.91. The number of rotatable bonds is 7. The summed E-state index contributed by atoms with van der Waals surface area (Å²) in [6, 6.07) is 9.57. The Balaban J connectivity index is 1.76. The Bertz CT molecular complexity index is 1170. The van der Waals surface area contributed by atoms with E-state index in [1.54, 1.807) is 0 Å². The molecule has 0 aliphatic rings. The van der Waals surface area contributed by atoms with Crippen LogP contribution >= 0.6 is 0 Å². The number of nitrogens with one attached hydrogen (secondary N) is 3. The van der Waals surface area contributed by atoms with Crippen LogP contribution in [0.2, 0.25) is 0 Å². The van der Waals surface area contributed by atoms with Crippen molar-refractivity contribution in [3.05, 3.63) is 60.7 Å². The number of aromatic nitrogens is 2. The average molecular weight is 457 g/mol. The van der Waals surface area contributed by atoms with Crippen LogP contribution in [0.4, 0.5) is 40.6 Å². The van der Waals surface area contributed by atoms with Gasteiger partial charge < -0.3 is 15.4 Å². The molecule has 0 aliphatic carbocycles. The lowest BCUT2D eigenvalue weighted by molar-refractivity contribution is -0.274. The molecule has 2 aromatic carbocycles. The molecule has 1 aromatic heterocycles. The molecule has 3 N–H and O–H groups in total. The number of benzene rings is 2. The summed E-state index contributed by atoms with van der Waals surface area (Å²) in [4.78, 5) is 7.78. The van der Waals surface area contributed by atoms with Crippen LogP contribution in [-0.2, 0) is 10.0 Å². The molecule has 0 atom stereocenters. The average Bonchev–Trinajstić information content (AvgIpc) is 2.70. The van der Waals surface area contributed by atoms with E-state index in [1.165, 1.54) is 25.2 Å². The number of anilines is 4. The lowest BCUT2D eigenvalue weighted by Crippen LogP contribution is -2.18. The zero-order valence-electron chi connectivity index (χ0n) is 15.7. The van der Waals surface area contributed by atoms with Crippen LogP contribution < -0.4 is 20.1 Å². The van der Waals surface area contributed by atoms with Gasteiger partial charge in [-0.3, -0.25) is 0 Å². The summed E-state index contributed by atoms with van der Waals surface area (Å²) >= 11 is 0. The quantitative estimate of drug-likeness (QED) is 0.462. The fourth-order valence-corrected chi connectivity index (χ4v) is 3.16. The van der Waals surface area contributed by atoms with E-state index < -0.39 is 22.2 Å². The van der Waals surface area contributed by atoms with Gasteiger partial charge in [0.1, 0.15) is 29.5 Å². The molecule has 31 heavy (non-hydrogen) atoms. The number of hydrogen-bond donors (Lipinski definition) is 3. The first-order chi connectivity index (χ1) is 14.6. The summed E-state index contributed by atoms with van der Waals surface area (Å²) in [7, 11) is -2.54. The summed E-state index contributed by atoms with van der Waals surface area (Å²) in [5, 5.41) is 5.52. The maximum atomic E-state index is 14.1. The maximum absolute atomic E-state index is 14.1. The molecule has 0 bridgehead atoms. The van der Waals surface area contributed by atoms with E-state index >= 15 is 0 Å². The van der Waals surface area contributed by atoms with Crippen molar-refractivity contribution in [2.24, 2.45) is 0 Å². The van der Waals surface area contributed by atoms with E-state index in [1.807, 2.05) is 0 Å². The van der Waals surface area contributed by atoms with Gasteiger partial charge in [0.05, 0.1) is 10.6 Å². The summed E-state index contributed by atoms with van der Waals surface area (Å²) in [5.41, 5.74) is 0.280. The highest BCUT2D eigenvalue weighted by molar-refractivity contribution is 7.89. The van der Waals surface area contributed by atoms with Gasteiger partial charge in [-0.25, -0.2) is 27.5 Å². The van der Waals surface area contributed by atoms with Gasteiger partial charge in [-0.15, -0.1) is 13.2 Å². The van der Waals surface area contributed by atoms with E-state index in [9.17, 15) is 26.0 Å². The monoisotopic (exact) mass is 457 g/mol. The highest BCUT2D eigenvalue weighted by atomic mass is 32.2. The zero-order valence-corrected chi connectivity index (χ0v) is 16.6. The minimum absolute atomic E-state index is 0.130. The fourth-order valence-electron chi connectivity index (χ4n) is 2.41. The number of halogens is 4. The number of hydrogen-bond acceptors (Lipinski definition) is 7. The van der Waals surface area contributed by atoms with Gasteiger partial charge in [-0.1, -0.05) is 0 Å². The Kier molecular flexibility index (Phi) is 6.27. The molecule has 164 valence electrons. The Morgan fingerprint density at radius 3 is 2.19 bits per heavy atom. The predicted molar refractivity (Wildman–Crippen MR) is 104 cm³/mol. The Morgan fingerprint density at radius 1 is 0.935 bits per heavy atom. The number of nitrogens with zero attached hydrogens (tertiary/aromatic N) is 2. The first-order valence-electron chi connectivity index (χ1n) is 8.51. The van der Waals surface area contributed by atoms with E-state index in [0.717, 1.165) is 36.7 Å². The van der Waals surface area contributed by atoms with Crippen LogP contribution in [0.1, 0.15) is 0 Å². The third kappa shape index (κ3) is 6.02. The van der Waals surface area contributed by atoms with E-state index in [4.69, 9.17) is 0 Å². The molecule has 0 amide bonds. The molecule has 0 saturated carbocycles. The van der Waals surface area contributed by atoms with E-state index in [0.29, 0.717) is 5.69 Å². The molecule has 0 radical (unpaired) electrons. The van der Waals surface area contributed by atoms with Crippen molar-refractivity contribution in [1.29, 1.82) is 0 Å². The largest absolute Gasteiger partial charge is 0.573 e. The Morgan fingerprint density at radius 2 is 1.58 bits per heavy atom. The van der Waals surface area contributed by atoms with Crippen LogP contribution in [0.3, 0.4) is 0 Å². The number of alkyl halides is 3. The van der Waals surface area contributed by atoms with Crippen molar-refractivity contribution < 1.29 is 30.7 Å². The van der Waals surface area contributed by atoms with E-state index in [-0.39, 0.29) is 28.0 Å². The summed E-state index contributed by atoms with van der Waals surface area (Å²) < 4.78 is 80.5. The molecule has 0 aliphatic heterocycles. The van der Waals surface area contributed by atoms with Crippen molar-refractivity contribution in [1.82, 2.24) is 14.7 Å².